The van der Waals surface area contributed by atoms with Crippen molar-refractivity contribution < 1.29 is 49.4 Å². The van der Waals surface area contributed by atoms with E-state index < -0.39 is 22.7 Å². The van der Waals surface area contributed by atoms with Gasteiger partial charge in [0.2, 0.25) is 0 Å². The van der Waals surface area contributed by atoms with Gasteiger partial charge in [0.1, 0.15) is 6.04 Å². The normalized spacial score (nSPS) is 11.9. The number of carbonyl (C=O) groups is 2. The molecule has 0 aromatic heterocycles. The molecule has 0 saturated heterocycles. The van der Waals surface area contributed by atoms with Crippen molar-refractivity contribution in [3.63, 3.8) is 0 Å². The number of carboxylic acids is 2. The number of thioether (sulfide) groups is 1. The van der Waals surface area contributed by atoms with Crippen LogP contribution in [0.5, 0.6) is 0 Å². The van der Waals surface area contributed by atoms with Gasteiger partial charge in [-0.25, -0.2) is 4.79 Å². The van der Waals surface area contributed by atoms with Crippen molar-refractivity contribution in [3.8, 4) is 0 Å². The van der Waals surface area contributed by atoms with Crippen LogP contribution in [-0.2, 0) is 9.54 Å². The summed E-state index contributed by atoms with van der Waals surface area (Å²) in [5, 5.41) is 18.5. The van der Waals surface area contributed by atoms with Crippen LogP contribution in [0.4, 0.5) is 0 Å². The molecule has 1 atom stereocenters. The fraction of sp³-hybridized carbons (Fsp3) is 0.130. The number of benzene rings is 3. The Balaban J connectivity index is 0.00000320. The molecule has 148 valence electrons. The van der Waals surface area contributed by atoms with Crippen molar-refractivity contribution in [2.24, 2.45) is 5.73 Å². The molecule has 0 aliphatic rings. The summed E-state index contributed by atoms with van der Waals surface area (Å²) in [6, 6.07) is 25.1. The van der Waals surface area contributed by atoms with E-state index in [1.165, 1.54) is 11.8 Å². The van der Waals surface area contributed by atoms with Crippen LogP contribution < -0.4 is 35.3 Å². The third-order valence-corrected chi connectivity index (χ3v) is 6.36. The Kier molecular flexibility index (Phi) is 8.70. The Labute approximate surface area is 201 Å². The van der Waals surface area contributed by atoms with Crippen molar-refractivity contribution in [2.75, 3.05) is 5.75 Å². The molecule has 0 fully saturated rings. The van der Waals surface area contributed by atoms with Crippen LogP contribution in [0.2, 0.25) is 0 Å². The smallest absolute Gasteiger partial charge is 0.480 e. The predicted octanol–water partition coefficient (Wildman–Crippen LogP) is 0.826. The topological polar surface area (TPSA) is 101 Å². The Bertz CT molecular complexity index is 942. The molecule has 0 spiro atoms. The minimum atomic E-state index is -1.06. The molecular formula is C23H21NNaO4S+. The van der Waals surface area contributed by atoms with Crippen LogP contribution in [0.25, 0.3) is 0 Å². The second-order valence-corrected chi connectivity index (χ2v) is 7.79. The zero-order valence-corrected chi connectivity index (χ0v) is 19.4. The SMILES string of the molecule is NC(CSC(c1ccccc1)(c1ccccc1)c1ccc(C(=O)O)cc1)C(=O)O.[Na+]. The number of hydrogen-bond donors (Lipinski definition) is 3. The van der Waals surface area contributed by atoms with E-state index in [-0.39, 0.29) is 40.9 Å². The first-order valence-corrected chi connectivity index (χ1v) is 10.0. The first-order chi connectivity index (χ1) is 13.9. The van der Waals surface area contributed by atoms with Gasteiger partial charge in [-0.05, 0) is 28.8 Å². The molecule has 3 rings (SSSR count). The summed E-state index contributed by atoms with van der Waals surface area (Å²) in [5.41, 5.74) is 8.77. The van der Waals surface area contributed by atoms with Gasteiger partial charge in [-0.2, -0.15) is 0 Å². The molecule has 4 N–H and O–H groups in total. The molecule has 3 aromatic rings. The fourth-order valence-electron chi connectivity index (χ4n) is 3.23. The molecule has 1 unspecified atom stereocenters. The van der Waals surface area contributed by atoms with Crippen molar-refractivity contribution >= 4 is 23.7 Å². The van der Waals surface area contributed by atoms with Gasteiger partial charge in [0, 0.05) is 5.75 Å². The van der Waals surface area contributed by atoms with Crippen LogP contribution in [0.1, 0.15) is 27.0 Å². The van der Waals surface area contributed by atoms with Gasteiger partial charge in [-0.15, -0.1) is 11.8 Å². The molecule has 30 heavy (non-hydrogen) atoms. The van der Waals surface area contributed by atoms with Crippen molar-refractivity contribution in [3.05, 3.63) is 107 Å². The van der Waals surface area contributed by atoms with E-state index in [4.69, 9.17) is 5.73 Å². The van der Waals surface area contributed by atoms with Crippen LogP contribution in [0, 0.1) is 0 Å². The average molecular weight is 430 g/mol. The molecule has 7 heteroatoms. The maximum absolute atomic E-state index is 11.3. The first-order valence-electron chi connectivity index (χ1n) is 9.02. The van der Waals surface area contributed by atoms with Crippen molar-refractivity contribution in [1.82, 2.24) is 0 Å². The standard InChI is InChI=1S/C23H21NO4S.Na/c24-20(22(27)28)15-29-23(17-7-3-1-4-8-17,18-9-5-2-6-10-18)19-13-11-16(12-14-19)21(25)26;/h1-14,20H,15,24H2,(H,25,26)(H,27,28);/q;+1. The molecular weight excluding hydrogens is 409 g/mol. The minimum absolute atomic E-state index is 0. The van der Waals surface area contributed by atoms with Gasteiger partial charge < -0.3 is 15.9 Å². The second kappa shape index (κ2) is 10.8. The van der Waals surface area contributed by atoms with Gasteiger partial charge >= 0.3 is 41.5 Å². The molecule has 0 saturated carbocycles. The molecule has 0 aliphatic carbocycles. The third-order valence-electron chi connectivity index (χ3n) is 4.70. The predicted molar refractivity (Wildman–Crippen MR) is 114 cm³/mol. The largest absolute Gasteiger partial charge is 1.00 e. The Hall–Kier alpha value is -2.09. The number of rotatable bonds is 8. The summed E-state index contributed by atoms with van der Waals surface area (Å²) in [6.45, 7) is 0. The Morgan fingerprint density at radius 1 is 0.800 bits per heavy atom. The van der Waals surface area contributed by atoms with Crippen molar-refractivity contribution in [1.29, 1.82) is 0 Å². The van der Waals surface area contributed by atoms with E-state index in [0.717, 1.165) is 16.7 Å². The van der Waals surface area contributed by atoms with Gasteiger partial charge in [0.05, 0.1) is 10.3 Å². The van der Waals surface area contributed by atoms with Gasteiger partial charge in [0.25, 0.3) is 0 Å². The van der Waals surface area contributed by atoms with E-state index in [1.807, 2.05) is 60.7 Å². The van der Waals surface area contributed by atoms with Gasteiger partial charge in [-0.1, -0.05) is 72.8 Å². The molecule has 5 nitrogen and oxygen atoms in total. The van der Waals surface area contributed by atoms with Crippen LogP contribution in [0.3, 0.4) is 0 Å². The van der Waals surface area contributed by atoms with E-state index in [0.29, 0.717) is 0 Å². The summed E-state index contributed by atoms with van der Waals surface area (Å²) in [7, 11) is 0. The minimum Gasteiger partial charge on any atom is -0.480 e. The summed E-state index contributed by atoms with van der Waals surface area (Å²) >= 11 is 1.43. The summed E-state index contributed by atoms with van der Waals surface area (Å²) in [5.74, 6) is -1.88. The molecule has 3 aromatic carbocycles. The van der Waals surface area contributed by atoms with E-state index in [9.17, 15) is 19.8 Å². The third kappa shape index (κ3) is 5.14. The van der Waals surface area contributed by atoms with Crippen LogP contribution >= 0.6 is 11.8 Å². The zero-order chi connectivity index (χ0) is 20.9. The molecule has 0 aliphatic heterocycles. The van der Waals surface area contributed by atoms with E-state index in [1.54, 1.807) is 24.3 Å². The van der Waals surface area contributed by atoms with Crippen LogP contribution in [-0.4, -0.2) is 33.9 Å². The maximum Gasteiger partial charge on any atom is 1.00 e. The molecule has 0 amide bonds. The maximum atomic E-state index is 11.3. The molecule has 0 heterocycles. The first kappa shape index (κ1) is 24.2. The Morgan fingerprint density at radius 2 is 1.23 bits per heavy atom. The van der Waals surface area contributed by atoms with E-state index in [2.05, 4.69) is 0 Å². The van der Waals surface area contributed by atoms with Gasteiger partial charge in [-0.3, -0.25) is 4.79 Å². The molecule has 0 radical (unpaired) electrons. The average Bonchev–Trinajstić information content (AvgIpc) is 2.76. The number of hydrogen-bond acceptors (Lipinski definition) is 4. The summed E-state index contributed by atoms with van der Waals surface area (Å²) < 4.78 is -0.743. The fourth-order valence-corrected chi connectivity index (χ4v) is 4.71. The van der Waals surface area contributed by atoms with Crippen LogP contribution in [0.15, 0.2) is 84.9 Å². The van der Waals surface area contributed by atoms with Crippen molar-refractivity contribution in [2.45, 2.75) is 10.8 Å². The zero-order valence-electron chi connectivity index (χ0n) is 16.6. The van der Waals surface area contributed by atoms with E-state index >= 15 is 0 Å². The monoisotopic (exact) mass is 430 g/mol. The number of aromatic carboxylic acids is 1. The number of nitrogens with two attached hydrogens (primary N) is 1. The number of carboxylic acid groups (broad SMARTS) is 2. The Morgan fingerprint density at radius 3 is 1.63 bits per heavy atom. The summed E-state index contributed by atoms with van der Waals surface area (Å²) in [6.07, 6.45) is 0. The second-order valence-electron chi connectivity index (χ2n) is 6.55. The summed E-state index contributed by atoms with van der Waals surface area (Å²) in [4.78, 5) is 22.6. The molecule has 0 bridgehead atoms. The van der Waals surface area contributed by atoms with Gasteiger partial charge in [0.15, 0.2) is 0 Å². The quantitative estimate of drug-likeness (QED) is 0.362. The number of aliphatic carboxylic acids is 1.